The summed E-state index contributed by atoms with van der Waals surface area (Å²) in [7, 11) is 0. The first kappa shape index (κ1) is 13.8. The largest absolute Gasteiger partial charge is 0.389 e. The van der Waals surface area contributed by atoms with Gasteiger partial charge in [0, 0.05) is 17.8 Å². The van der Waals surface area contributed by atoms with Crippen LogP contribution >= 0.6 is 11.3 Å². The van der Waals surface area contributed by atoms with Gasteiger partial charge in [-0.3, -0.25) is 4.99 Å². The molecule has 0 amide bonds. The van der Waals surface area contributed by atoms with E-state index in [0.29, 0.717) is 0 Å². The van der Waals surface area contributed by atoms with E-state index in [1.807, 2.05) is 19.1 Å². The molecule has 1 heterocycles. The van der Waals surface area contributed by atoms with Crippen molar-refractivity contribution in [3.8, 4) is 0 Å². The first-order chi connectivity index (χ1) is 7.87. The van der Waals surface area contributed by atoms with Gasteiger partial charge in [0.15, 0.2) is 5.96 Å². The molecule has 0 aliphatic carbocycles. The van der Waals surface area contributed by atoms with Crippen LogP contribution in [0, 0.1) is 6.92 Å². The lowest BCUT2D eigenvalue weighted by molar-refractivity contribution is -0.134. The second-order valence-electron chi connectivity index (χ2n) is 3.52. The highest BCUT2D eigenvalue weighted by Crippen LogP contribution is 2.21. The molecule has 0 unspecified atom stereocenters. The van der Waals surface area contributed by atoms with E-state index < -0.39 is 12.6 Å². The molecule has 3 nitrogen and oxygen atoms in total. The summed E-state index contributed by atoms with van der Waals surface area (Å²) in [4.78, 5) is 4.94. The highest BCUT2D eigenvalue weighted by Gasteiger charge is 2.25. The number of guanidine groups is 1. The smallest absolute Gasteiger partial charge is 0.370 e. The summed E-state index contributed by atoms with van der Waals surface area (Å²) < 4.78 is 35.5. The fraction of sp³-hybridized carbons (Fsp3) is 0.500. The van der Waals surface area contributed by atoms with E-state index in [9.17, 15) is 13.2 Å². The van der Waals surface area contributed by atoms with Crippen LogP contribution in [-0.2, 0) is 0 Å². The Morgan fingerprint density at radius 2 is 2.18 bits per heavy atom. The lowest BCUT2D eigenvalue weighted by atomic mass is 10.3. The standard InChI is InChI=1S/C10H14F3N3S/c1-7-3-4-8(17-7)16-9(14)15-6-2-5-10(11,12)13/h3-4H,2,5-6H2,1H3,(H3,14,15,16). The summed E-state index contributed by atoms with van der Waals surface area (Å²) in [6.45, 7) is 2.02. The Morgan fingerprint density at radius 1 is 1.47 bits per heavy atom. The van der Waals surface area contributed by atoms with Crippen molar-refractivity contribution in [2.45, 2.75) is 25.9 Å². The van der Waals surface area contributed by atoms with E-state index >= 15 is 0 Å². The van der Waals surface area contributed by atoms with Gasteiger partial charge in [-0.05, 0) is 25.5 Å². The lowest BCUT2D eigenvalue weighted by Crippen LogP contribution is -2.22. The third-order valence-corrected chi connectivity index (χ3v) is 2.81. The number of nitrogens with two attached hydrogens (primary N) is 1. The normalized spacial score (nSPS) is 12.8. The Balaban J connectivity index is 2.30. The van der Waals surface area contributed by atoms with Gasteiger partial charge < -0.3 is 11.1 Å². The molecule has 0 aliphatic heterocycles. The maximum Gasteiger partial charge on any atom is 0.389 e. The van der Waals surface area contributed by atoms with Crippen LogP contribution in [0.4, 0.5) is 18.2 Å². The molecule has 0 radical (unpaired) electrons. The first-order valence-corrected chi connectivity index (χ1v) is 5.88. The first-order valence-electron chi connectivity index (χ1n) is 5.07. The van der Waals surface area contributed by atoms with Gasteiger partial charge in [-0.25, -0.2) is 0 Å². The second kappa shape index (κ2) is 5.90. The van der Waals surface area contributed by atoms with Crippen molar-refractivity contribution in [3.63, 3.8) is 0 Å². The number of hydrogen-bond acceptors (Lipinski definition) is 2. The highest BCUT2D eigenvalue weighted by molar-refractivity contribution is 7.16. The molecular formula is C10H14F3N3S. The number of nitrogens with one attached hydrogen (secondary N) is 1. The van der Waals surface area contributed by atoms with Gasteiger partial charge >= 0.3 is 6.18 Å². The summed E-state index contributed by atoms with van der Waals surface area (Å²) in [6, 6.07) is 3.77. The van der Waals surface area contributed by atoms with Crippen LogP contribution in [0.2, 0.25) is 0 Å². The molecule has 0 bridgehead atoms. The fourth-order valence-corrected chi connectivity index (χ4v) is 1.92. The quantitative estimate of drug-likeness (QED) is 0.499. The number of aryl methyl sites for hydroxylation is 1. The molecule has 1 aromatic rings. The number of thiophene rings is 1. The summed E-state index contributed by atoms with van der Waals surface area (Å²) in [5, 5.41) is 3.66. The van der Waals surface area contributed by atoms with Crippen molar-refractivity contribution in [2.75, 3.05) is 11.9 Å². The topological polar surface area (TPSA) is 50.4 Å². The average Bonchev–Trinajstić information content (AvgIpc) is 2.57. The molecule has 0 atom stereocenters. The molecule has 1 rings (SSSR count). The maximum absolute atomic E-state index is 11.8. The Kier molecular flexibility index (Phi) is 4.80. The molecule has 3 N–H and O–H groups in total. The molecular weight excluding hydrogens is 251 g/mol. The molecule has 0 saturated heterocycles. The van der Waals surface area contributed by atoms with Gasteiger partial charge in [0.2, 0.25) is 0 Å². The van der Waals surface area contributed by atoms with Crippen LogP contribution in [0.5, 0.6) is 0 Å². The molecule has 17 heavy (non-hydrogen) atoms. The number of rotatable bonds is 4. The van der Waals surface area contributed by atoms with Gasteiger partial charge in [-0.1, -0.05) is 0 Å². The van der Waals surface area contributed by atoms with Crippen LogP contribution < -0.4 is 11.1 Å². The summed E-state index contributed by atoms with van der Waals surface area (Å²) in [5.41, 5.74) is 5.53. The Labute approximate surface area is 102 Å². The van der Waals surface area contributed by atoms with E-state index in [2.05, 4.69) is 10.3 Å². The number of halogens is 3. The molecule has 0 spiro atoms. The summed E-state index contributed by atoms with van der Waals surface area (Å²) in [5.74, 6) is 0.147. The Morgan fingerprint density at radius 3 is 2.71 bits per heavy atom. The highest BCUT2D eigenvalue weighted by atomic mass is 32.1. The lowest BCUT2D eigenvalue weighted by Gasteiger charge is -2.05. The van der Waals surface area contributed by atoms with Gasteiger partial charge in [0.05, 0.1) is 5.00 Å². The summed E-state index contributed by atoms with van der Waals surface area (Å²) >= 11 is 1.51. The average molecular weight is 265 g/mol. The second-order valence-corrected chi connectivity index (χ2v) is 4.81. The molecule has 0 fully saturated rings. The Bertz CT molecular complexity index is 384. The third-order valence-electron chi connectivity index (χ3n) is 1.89. The van der Waals surface area contributed by atoms with Crippen molar-refractivity contribution in [2.24, 2.45) is 10.7 Å². The number of nitrogens with zero attached hydrogens (tertiary/aromatic N) is 1. The van der Waals surface area contributed by atoms with E-state index in [4.69, 9.17) is 5.73 Å². The monoisotopic (exact) mass is 265 g/mol. The van der Waals surface area contributed by atoms with E-state index in [1.165, 1.54) is 11.3 Å². The van der Waals surface area contributed by atoms with Crippen molar-refractivity contribution in [1.29, 1.82) is 0 Å². The van der Waals surface area contributed by atoms with Crippen LogP contribution in [0.3, 0.4) is 0 Å². The van der Waals surface area contributed by atoms with Gasteiger partial charge in [0.25, 0.3) is 0 Å². The zero-order chi connectivity index (χ0) is 12.9. The number of alkyl halides is 3. The third kappa shape index (κ3) is 6.15. The van der Waals surface area contributed by atoms with Crippen molar-refractivity contribution >= 4 is 22.3 Å². The zero-order valence-corrected chi connectivity index (χ0v) is 10.2. The number of aliphatic imine (C=N–C) groups is 1. The van der Waals surface area contributed by atoms with Crippen LogP contribution in [0.15, 0.2) is 17.1 Å². The van der Waals surface area contributed by atoms with Crippen LogP contribution in [0.25, 0.3) is 0 Å². The molecule has 96 valence electrons. The molecule has 0 saturated carbocycles. The SMILES string of the molecule is Cc1ccc(NC(N)=NCCCC(F)(F)F)s1. The molecule has 0 aliphatic rings. The zero-order valence-electron chi connectivity index (χ0n) is 9.34. The van der Waals surface area contributed by atoms with Crippen molar-refractivity contribution in [3.05, 3.63) is 17.0 Å². The van der Waals surface area contributed by atoms with E-state index in [0.717, 1.165) is 9.88 Å². The van der Waals surface area contributed by atoms with Crippen molar-refractivity contribution in [1.82, 2.24) is 0 Å². The minimum Gasteiger partial charge on any atom is -0.370 e. The van der Waals surface area contributed by atoms with Crippen LogP contribution in [-0.4, -0.2) is 18.7 Å². The molecule has 7 heteroatoms. The fourth-order valence-electron chi connectivity index (χ4n) is 1.15. The van der Waals surface area contributed by atoms with E-state index in [-0.39, 0.29) is 18.9 Å². The van der Waals surface area contributed by atoms with Crippen LogP contribution in [0.1, 0.15) is 17.7 Å². The van der Waals surface area contributed by atoms with Crippen molar-refractivity contribution < 1.29 is 13.2 Å². The van der Waals surface area contributed by atoms with E-state index in [1.54, 1.807) is 0 Å². The minimum absolute atomic E-state index is 0.0463. The summed E-state index contributed by atoms with van der Waals surface area (Å²) in [6.07, 6.45) is -5.00. The molecule has 0 aromatic carbocycles. The number of hydrogen-bond donors (Lipinski definition) is 2. The van der Waals surface area contributed by atoms with Gasteiger partial charge in [0.1, 0.15) is 0 Å². The maximum atomic E-state index is 11.8. The molecule has 1 aromatic heterocycles. The predicted molar refractivity (Wildman–Crippen MR) is 64.5 cm³/mol. The minimum atomic E-state index is -4.12. The number of anilines is 1. The Hall–Kier alpha value is -1.24. The predicted octanol–water partition coefficient (Wildman–Crippen LogP) is 3.13. The van der Waals surface area contributed by atoms with Gasteiger partial charge in [-0.15, -0.1) is 11.3 Å². The van der Waals surface area contributed by atoms with Gasteiger partial charge in [-0.2, -0.15) is 13.2 Å².